The van der Waals surface area contributed by atoms with Crippen LogP contribution < -0.4 is 5.32 Å². The third-order valence-corrected chi connectivity index (χ3v) is 5.39. The maximum atomic E-state index is 4.70. The fraction of sp³-hybridized carbons (Fsp3) is 0.812. The summed E-state index contributed by atoms with van der Waals surface area (Å²) in [5.74, 6) is 1.61. The molecule has 1 fully saturated rings. The van der Waals surface area contributed by atoms with E-state index in [1.54, 1.807) is 0 Å². The monoisotopic (exact) mass is 280 g/mol. The molecular formula is C16H28N2S. The number of rotatable bonds is 4. The first kappa shape index (κ1) is 15.0. The van der Waals surface area contributed by atoms with E-state index in [0.29, 0.717) is 12.1 Å². The van der Waals surface area contributed by atoms with Crippen LogP contribution in [0, 0.1) is 25.7 Å². The number of nitrogens with one attached hydrogen (secondary N) is 1. The maximum Gasteiger partial charge on any atom is 0.0900 e. The van der Waals surface area contributed by atoms with E-state index in [4.69, 9.17) is 4.98 Å². The minimum atomic E-state index is 0.384. The molecule has 0 aliphatic heterocycles. The van der Waals surface area contributed by atoms with Crippen molar-refractivity contribution in [3.63, 3.8) is 0 Å². The summed E-state index contributed by atoms with van der Waals surface area (Å²) in [7, 11) is 0. The van der Waals surface area contributed by atoms with Gasteiger partial charge in [0.2, 0.25) is 0 Å². The molecule has 1 aliphatic carbocycles. The highest BCUT2D eigenvalue weighted by atomic mass is 32.1. The van der Waals surface area contributed by atoms with Gasteiger partial charge in [0.05, 0.1) is 10.7 Å². The van der Waals surface area contributed by atoms with Gasteiger partial charge in [0.15, 0.2) is 0 Å². The van der Waals surface area contributed by atoms with E-state index >= 15 is 0 Å². The van der Waals surface area contributed by atoms with Crippen LogP contribution in [0.15, 0.2) is 0 Å². The topological polar surface area (TPSA) is 24.9 Å². The van der Waals surface area contributed by atoms with E-state index in [0.717, 1.165) is 11.8 Å². The standard InChI is InChI=1S/C16H28N2S/c1-10(2)14-8-6-7-9-15(14)17-11(3)16-12(4)19-13(5)18-16/h10-11,14-15,17H,6-9H2,1-5H3. The van der Waals surface area contributed by atoms with E-state index < -0.39 is 0 Å². The van der Waals surface area contributed by atoms with Crippen molar-refractivity contribution < 1.29 is 0 Å². The Balaban J connectivity index is 2.04. The lowest BCUT2D eigenvalue weighted by atomic mass is 9.77. The molecule has 2 nitrogen and oxygen atoms in total. The van der Waals surface area contributed by atoms with Crippen molar-refractivity contribution in [2.45, 2.75) is 72.4 Å². The molecule has 0 aromatic carbocycles. The molecule has 108 valence electrons. The molecule has 0 amide bonds. The largest absolute Gasteiger partial charge is 0.306 e. The average Bonchev–Trinajstić information content (AvgIpc) is 2.69. The van der Waals surface area contributed by atoms with Gasteiger partial charge in [-0.25, -0.2) is 4.98 Å². The zero-order chi connectivity index (χ0) is 14.0. The Hall–Kier alpha value is -0.410. The minimum absolute atomic E-state index is 0.384. The van der Waals surface area contributed by atoms with E-state index in [9.17, 15) is 0 Å². The van der Waals surface area contributed by atoms with E-state index in [-0.39, 0.29) is 0 Å². The predicted molar refractivity (Wildman–Crippen MR) is 83.7 cm³/mol. The third-order valence-electron chi connectivity index (χ3n) is 4.49. The van der Waals surface area contributed by atoms with E-state index in [2.05, 4.69) is 39.9 Å². The fourth-order valence-electron chi connectivity index (χ4n) is 3.51. The fourth-order valence-corrected chi connectivity index (χ4v) is 4.43. The van der Waals surface area contributed by atoms with Crippen molar-refractivity contribution in [2.75, 3.05) is 0 Å². The van der Waals surface area contributed by atoms with Crippen molar-refractivity contribution in [3.8, 4) is 0 Å². The van der Waals surface area contributed by atoms with Crippen LogP contribution in [-0.2, 0) is 0 Å². The molecule has 1 aromatic rings. The molecule has 19 heavy (non-hydrogen) atoms. The summed E-state index contributed by atoms with van der Waals surface area (Å²) in [6.45, 7) is 11.3. The Morgan fingerprint density at radius 1 is 1.16 bits per heavy atom. The molecular weight excluding hydrogens is 252 g/mol. The van der Waals surface area contributed by atoms with Crippen LogP contribution in [0.4, 0.5) is 0 Å². The summed E-state index contributed by atoms with van der Waals surface area (Å²) in [5.41, 5.74) is 1.26. The Bertz CT molecular complexity index is 411. The molecule has 3 atom stereocenters. The molecule has 3 unspecified atom stereocenters. The van der Waals surface area contributed by atoms with Crippen LogP contribution in [0.25, 0.3) is 0 Å². The quantitative estimate of drug-likeness (QED) is 0.870. The van der Waals surface area contributed by atoms with Crippen molar-refractivity contribution in [1.29, 1.82) is 0 Å². The molecule has 3 heteroatoms. The molecule has 2 rings (SSSR count). The number of nitrogens with zero attached hydrogens (tertiary/aromatic N) is 1. The zero-order valence-electron chi connectivity index (χ0n) is 13.0. The van der Waals surface area contributed by atoms with Crippen LogP contribution in [0.5, 0.6) is 0 Å². The molecule has 0 radical (unpaired) electrons. The summed E-state index contributed by atoms with van der Waals surface area (Å²) < 4.78 is 0. The first-order valence-corrected chi connectivity index (χ1v) is 8.50. The second-order valence-electron chi connectivity index (χ2n) is 6.36. The van der Waals surface area contributed by atoms with Gasteiger partial charge in [0, 0.05) is 17.0 Å². The van der Waals surface area contributed by atoms with Gasteiger partial charge in [-0.05, 0) is 45.4 Å². The summed E-state index contributed by atoms with van der Waals surface area (Å²) in [5, 5.41) is 5.05. The molecule has 1 N–H and O–H groups in total. The summed E-state index contributed by atoms with van der Waals surface area (Å²) >= 11 is 1.82. The van der Waals surface area contributed by atoms with Gasteiger partial charge in [-0.3, -0.25) is 0 Å². The minimum Gasteiger partial charge on any atom is -0.306 e. The van der Waals surface area contributed by atoms with Gasteiger partial charge in [0.1, 0.15) is 0 Å². The van der Waals surface area contributed by atoms with Crippen molar-refractivity contribution >= 4 is 11.3 Å². The van der Waals surface area contributed by atoms with Crippen molar-refractivity contribution in [3.05, 3.63) is 15.6 Å². The lowest BCUT2D eigenvalue weighted by molar-refractivity contribution is 0.194. The molecule has 0 spiro atoms. The first-order chi connectivity index (χ1) is 8.99. The Kier molecular flexibility index (Phi) is 5.02. The van der Waals surface area contributed by atoms with Gasteiger partial charge in [-0.2, -0.15) is 0 Å². The van der Waals surface area contributed by atoms with Crippen LogP contribution in [0.3, 0.4) is 0 Å². The lowest BCUT2D eigenvalue weighted by Gasteiger charge is -2.36. The van der Waals surface area contributed by atoms with Crippen molar-refractivity contribution in [2.24, 2.45) is 11.8 Å². The van der Waals surface area contributed by atoms with E-state index in [1.807, 2.05) is 11.3 Å². The molecule has 1 aromatic heterocycles. The molecule has 0 bridgehead atoms. The number of hydrogen-bond acceptors (Lipinski definition) is 3. The van der Waals surface area contributed by atoms with E-state index in [1.165, 1.54) is 41.3 Å². The average molecular weight is 280 g/mol. The second-order valence-corrected chi connectivity index (χ2v) is 7.77. The molecule has 1 saturated carbocycles. The Morgan fingerprint density at radius 3 is 2.42 bits per heavy atom. The van der Waals surface area contributed by atoms with Gasteiger partial charge in [-0.15, -0.1) is 11.3 Å². The van der Waals surface area contributed by atoms with Gasteiger partial charge in [0.25, 0.3) is 0 Å². The maximum absolute atomic E-state index is 4.70. The Morgan fingerprint density at radius 2 is 1.84 bits per heavy atom. The normalized spacial score (nSPS) is 25.8. The summed E-state index contributed by atoms with van der Waals surface area (Å²) in [6, 6.07) is 1.06. The highest BCUT2D eigenvalue weighted by Crippen LogP contribution is 2.32. The SMILES string of the molecule is Cc1nc(C(C)NC2CCCCC2C(C)C)c(C)s1. The number of aromatic nitrogens is 1. The summed E-state index contributed by atoms with van der Waals surface area (Å²) in [4.78, 5) is 6.07. The number of hydrogen-bond donors (Lipinski definition) is 1. The predicted octanol–water partition coefficient (Wildman–Crippen LogP) is 4.63. The second kappa shape index (κ2) is 6.36. The zero-order valence-corrected chi connectivity index (χ0v) is 13.8. The van der Waals surface area contributed by atoms with Crippen LogP contribution >= 0.6 is 11.3 Å². The number of aryl methyl sites for hydroxylation is 2. The van der Waals surface area contributed by atoms with Crippen LogP contribution in [0.1, 0.15) is 68.1 Å². The molecule has 1 heterocycles. The smallest absolute Gasteiger partial charge is 0.0900 e. The lowest BCUT2D eigenvalue weighted by Crippen LogP contribution is -2.42. The van der Waals surface area contributed by atoms with Crippen LogP contribution in [0.2, 0.25) is 0 Å². The van der Waals surface area contributed by atoms with Crippen LogP contribution in [-0.4, -0.2) is 11.0 Å². The first-order valence-electron chi connectivity index (χ1n) is 7.69. The van der Waals surface area contributed by atoms with Gasteiger partial charge >= 0.3 is 0 Å². The third kappa shape index (κ3) is 3.57. The Labute approximate surface area is 122 Å². The highest BCUT2D eigenvalue weighted by Gasteiger charge is 2.29. The van der Waals surface area contributed by atoms with Gasteiger partial charge < -0.3 is 5.32 Å². The summed E-state index contributed by atoms with van der Waals surface area (Å²) in [6.07, 6.45) is 5.50. The number of thiazole rings is 1. The molecule has 0 saturated heterocycles. The van der Waals surface area contributed by atoms with Crippen molar-refractivity contribution in [1.82, 2.24) is 10.3 Å². The highest BCUT2D eigenvalue weighted by molar-refractivity contribution is 7.11. The molecule has 1 aliphatic rings. The van der Waals surface area contributed by atoms with Gasteiger partial charge in [-0.1, -0.05) is 26.7 Å².